The van der Waals surface area contributed by atoms with E-state index in [-0.39, 0.29) is 24.4 Å². The Hall–Kier alpha value is -3.54. The van der Waals surface area contributed by atoms with Crippen molar-refractivity contribution in [2.45, 2.75) is 33.7 Å². The fraction of sp³-hybridized carbons (Fsp3) is 0.231. The summed E-state index contributed by atoms with van der Waals surface area (Å²) in [4.78, 5) is 19.6. The van der Waals surface area contributed by atoms with Crippen molar-refractivity contribution in [3.63, 3.8) is 0 Å². The molecule has 0 spiro atoms. The van der Waals surface area contributed by atoms with Crippen molar-refractivity contribution in [3.8, 4) is 11.3 Å². The Morgan fingerprint density at radius 1 is 1.00 bits per heavy atom. The molecule has 4 rings (SSSR count). The molecular weight excluding hydrogens is 408 g/mol. The van der Waals surface area contributed by atoms with Crippen LogP contribution in [0.5, 0.6) is 0 Å². The molecule has 0 fully saturated rings. The van der Waals surface area contributed by atoms with Gasteiger partial charge in [-0.1, -0.05) is 48.0 Å². The van der Waals surface area contributed by atoms with Crippen LogP contribution in [0.3, 0.4) is 0 Å². The van der Waals surface area contributed by atoms with Gasteiger partial charge in [-0.15, -0.1) is 0 Å². The molecule has 0 unspecified atom stereocenters. The van der Waals surface area contributed by atoms with Crippen molar-refractivity contribution in [1.29, 1.82) is 0 Å². The monoisotopic (exact) mass is 433 g/mol. The lowest BCUT2D eigenvalue weighted by atomic mass is 10.1. The summed E-state index contributed by atoms with van der Waals surface area (Å²) >= 11 is 0. The average Bonchev–Trinajstić information content (AvgIpc) is 3.12. The molecule has 2 aromatic carbocycles. The first-order valence-electron chi connectivity index (χ1n) is 10.6. The first kappa shape index (κ1) is 21.7. The van der Waals surface area contributed by atoms with E-state index in [2.05, 4.69) is 0 Å². The number of hydrogen-bond donors (Lipinski definition) is 0. The van der Waals surface area contributed by atoms with E-state index in [1.54, 1.807) is 0 Å². The number of aromatic nitrogens is 2. The predicted octanol–water partition coefficient (Wildman–Crippen LogP) is 5.49. The molecule has 2 heterocycles. The number of benzene rings is 2. The number of rotatable bonds is 6. The van der Waals surface area contributed by atoms with Crippen LogP contribution in [0.1, 0.15) is 29.3 Å². The number of imidazole rings is 1. The van der Waals surface area contributed by atoms with Crippen LogP contribution in [0.4, 0.5) is 8.78 Å². The number of halogens is 2. The smallest absolute Gasteiger partial charge is 0.228 e. The van der Waals surface area contributed by atoms with Crippen molar-refractivity contribution < 1.29 is 13.6 Å². The molecule has 4 aromatic rings. The average molecular weight is 434 g/mol. The van der Waals surface area contributed by atoms with Gasteiger partial charge >= 0.3 is 0 Å². The van der Waals surface area contributed by atoms with Crippen LogP contribution in [0.15, 0.2) is 60.8 Å². The van der Waals surface area contributed by atoms with E-state index in [0.29, 0.717) is 6.54 Å². The summed E-state index contributed by atoms with van der Waals surface area (Å²) in [5.41, 5.74) is 5.56. The topological polar surface area (TPSA) is 37.6 Å². The number of hydrogen-bond acceptors (Lipinski definition) is 2. The number of pyridine rings is 1. The summed E-state index contributed by atoms with van der Waals surface area (Å²) < 4.78 is 29.8. The van der Waals surface area contributed by atoms with Crippen LogP contribution in [-0.4, -0.2) is 26.7 Å². The van der Waals surface area contributed by atoms with E-state index in [1.807, 2.05) is 67.8 Å². The molecule has 6 heteroatoms. The quantitative estimate of drug-likeness (QED) is 0.403. The van der Waals surface area contributed by atoms with Crippen molar-refractivity contribution in [2.24, 2.45) is 0 Å². The van der Waals surface area contributed by atoms with Crippen LogP contribution in [0.25, 0.3) is 16.9 Å². The summed E-state index contributed by atoms with van der Waals surface area (Å²) in [7, 11) is 0. The second kappa shape index (κ2) is 8.91. The summed E-state index contributed by atoms with van der Waals surface area (Å²) in [6, 6.07) is 16.0. The lowest BCUT2D eigenvalue weighted by molar-refractivity contribution is -0.131. The lowest BCUT2D eigenvalue weighted by Crippen LogP contribution is -2.32. The third-order valence-electron chi connectivity index (χ3n) is 5.64. The normalized spacial score (nSPS) is 11.2. The Kier molecular flexibility index (Phi) is 6.04. The minimum Gasteiger partial charge on any atom is -0.338 e. The van der Waals surface area contributed by atoms with E-state index in [1.165, 1.54) is 17.0 Å². The maximum atomic E-state index is 14.2. The molecule has 2 aromatic heterocycles. The van der Waals surface area contributed by atoms with Crippen molar-refractivity contribution in [2.75, 3.05) is 6.54 Å². The number of fused-ring (bicyclic) bond motifs is 1. The Labute approximate surface area is 186 Å². The SMILES string of the molecule is CCN(Cc1cccc(F)c1F)C(=O)Cc1c(-c2ccc(C)cc2)nc2ccc(C)cn12. The van der Waals surface area contributed by atoms with Gasteiger partial charge in [-0.25, -0.2) is 13.8 Å². The third kappa shape index (κ3) is 4.26. The van der Waals surface area contributed by atoms with Gasteiger partial charge in [-0.05, 0) is 38.5 Å². The Morgan fingerprint density at radius 3 is 2.44 bits per heavy atom. The summed E-state index contributed by atoms with van der Waals surface area (Å²) in [6.07, 6.45) is 2.06. The number of carbonyl (C=O) groups is 1. The molecular formula is C26H25F2N3O. The minimum atomic E-state index is -0.912. The highest BCUT2D eigenvalue weighted by Crippen LogP contribution is 2.26. The van der Waals surface area contributed by atoms with Gasteiger partial charge in [0.1, 0.15) is 5.65 Å². The van der Waals surface area contributed by atoms with Crippen LogP contribution in [-0.2, 0) is 17.8 Å². The number of nitrogens with zero attached hydrogens (tertiary/aromatic N) is 3. The highest BCUT2D eigenvalue weighted by Gasteiger charge is 2.21. The van der Waals surface area contributed by atoms with E-state index >= 15 is 0 Å². The second-order valence-electron chi connectivity index (χ2n) is 8.01. The van der Waals surface area contributed by atoms with Crippen molar-refractivity contribution >= 4 is 11.6 Å². The zero-order valence-corrected chi connectivity index (χ0v) is 18.4. The summed E-state index contributed by atoms with van der Waals surface area (Å²) in [5.74, 6) is -2.00. The standard InChI is InChI=1S/C26H25F2N3O/c1-4-30(16-20-6-5-7-21(27)25(20)28)24(32)14-22-26(19-11-8-17(2)9-12-19)29-23-13-10-18(3)15-31(22)23/h5-13,15H,4,14,16H2,1-3H3. The van der Waals surface area contributed by atoms with Gasteiger partial charge in [-0.3, -0.25) is 4.79 Å². The number of aryl methyl sites for hydroxylation is 2. The van der Waals surface area contributed by atoms with Gasteiger partial charge in [-0.2, -0.15) is 0 Å². The Balaban J connectivity index is 1.71. The first-order chi connectivity index (χ1) is 15.4. The van der Waals surface area contributed by atoms with E-state index in [0.717, 1.165) is 39.8 Å². The molecule has 0 aliphatic carbocycles. The molecule has 32 heavy (non-hydrogen) atoms. The highest BCUT2D eigenvalue weighted by molar-refractivity contribution is 5.81. The molecule has 0 atom stereocenters. The van der Waals surface area contributed by atoms with E-state index < -0.39 is 11.6 Å². The molecule has 0 bridgehead atoms. The molecule has 164 valence electrons. The fourth-order valence-corrected chi connectivity index (χ4v) is 3.82. The molecule has 4 nitrogen and oxygen atoms in total. The lowest BCUT2D eigenvalue weighted by Gasteiger charge is -2.21. The summed E-state index contributed by atoms with van der Waals surface area (Å²) in [5, 5.41) is 0. The maximum absolute atomic E-state index is 14.2. The molecule has 0 saturated heterocycles. The van der Waals surface area contributed by atoms with Crippen LogP contribution in [0, 0.1) is 25.5 Å². The van der Waals surface area contributed by atoms with Gasteiger partial charge in [0.15, 0.2) is 11.6 Å². The molecule has 0 aliphatic heterocycles. The fourth-order valence-electron chi connectivity index (χ4n) is 3.82. The van der Waals surface area contributed by atoms with Gasteiger partial charge < -0.3 is 9.30 Å². The van der Waals surface area contributed by atoms with Gasteiger partial charge in [0.2, 0.25) is 5.91 Å². The van der Waals surface area contributed by atoms with Gasteiger partial charge in [0.05, 0.1) is 17.8 Å². The van der Waals surface area contributed by atoms with E-state index in [9.17, 15) is 13.6 Å². The van der Waals surface area contributed by atoms with E-state index in [4.69, 9.17) is 4.98 Å². The maximum Gasteiger partial charge on any atom is 0.228 e. The summed E-state index contributed by atoms with van der Waals surface area (Å²) in [6.45, 7) is 6.22. The number of likely N-dealkylation sites (N-methyl/N-ethyl adjacent to an activating group) is 1. The molecule has 0 aliphatic rings. The number of amides is 1. The first-order valence-corrected chi connectivity index (χ1v) is 10.6. The predicted molar refractivity (Wildman–Crippen MR) is 121 cm³/mol. The minimum absolute atomic E-state index is 0.00849. The van der Waals surface area contributed by atoms with Gasteiger partial charge in [0, 0.05) is 30.4 Å². The van der Waals surface area contributed by atoms with Crippen LogP contribution >= 0.6 is 0 Å². The Morgan fingerprint density at radius 2 is 1.72 bits per heavy atom. The molecule has 1 amide bonds. The van der Waals surface area contributed by atoms with Crippen molar-refractivity contribution in [3.05, 3.63) is 94.8 Å². The van der Waals surface area contributed by atoms with Crippen LogP contribution in [0.2, 0.25) is 0 Å². The van der Waals surface area contributed by atoms with Crippen LogP contribution < -0.4 is 0 Å². The number of carbonyl (C=O) groups excluding carboxylic acids is 1. The molecule has 0 radical (unpaired) electrons. The zero-order chi connectivity index (χ0) is 22.8. The largest absolute Gasteiger partial charge is 0.338 e. The highest BCUT2D eigenvalue weighted by atomic mass is 19.2. The third-order valence-corrected chi connectivity index (χ3v) is 5.64. The molecule has 0 N–H and O–H groups in total. The van der Waals surface area contributed by atoms with Gasteiger partial charge in [0.25, 0.3) is 0 Å². The zero-order valence-electron chi connectivity index (χ0n) is 18.4. The second-order valence-corrected chi connectivity index (χ2v) is 8.01. The Bertz CT molecular complexity index is 1280. The van der Waals surface area contributed by atoms with Crippen molar-refractivity contribution in [1.82, 2.24) is 14.3 Å². The molecule has 0 saturated carbocycles.